The fourth-order valence-corrected chi connectivity index (χ4v) is 1.94. The second-order valence-electron chi connectivity index (χ2n) is 3.80. The highest BCUT2D eigenvalue weighted by Gasteiger charge is 2.10. The molecule has 0 aliphatic carbocycles. The van der Waals surface area contributed by atoms with E-state index in [2.05, 4.69) is 15.3 Å². The maximum absolute atomic E-state index is 12.9. The van der Waals surface area contributed by atoms with Gasteiger partial charge in [-0.25, -0.2) is 9.37 Å². The summed E-state index contributed by atoms with van der Waals surface area (Å²) in [5.74, 6) is 0.534. The molecule has 1 unspecified atom stereocenters. The number of nitrogens with zero attached hydrogens (tertiary/aromatic N) is 1. The molecule has 0 aliphatic rings. The van der Waals surface area contributed by atoms with Crippen LogP contribution in [0.3, 0.4) is 0 Å². The second-order valence-corrected chi connectivity index (χ2v) is 4.21. The average molecular weight is 254 g/mol. The Bertz CT molecular complexity index is 485. The van der Waals surface area contributed by atoms with Gasteiger partial charge in [-0.1, -0.05) is 17.7 Å². The summed E-state index contributed by atoms with van der Waals surface area (Å²) in [6.07, 6.45) is 3.47. The van der Waals surface area contributed by atoms with Crippen LogP contribution >= 0.6 is 11.6 Å². The van der Waals surface area contributed by atoms with Gasteiger partial charge in [0.05, 0.1) is 6.54 Å². The Kier molecular flexibility index (Phi) is 3.76. The lowest BCUT2D eigenvalue weighted by molar-refractivity contribution is 0.559. The molecule has 3 nitrogen and oxygen atoms in total. The summed E-state index contributed by atoms with van der Waals surface area (Å²) in [5.41, 5.74) is 0.875. The first-order valence-electron chi connectivity index (χ1n) is 5.33. The van der Waals surface area contributed by atoms with Crippen LogP contribution in [-0.2, 0) is 6.54 Å². The largest absolute Gasteiger partial charge is 0.348 e. The molecule has 1 aromatic carbocycles. The van der Waals surface area contributed by atoms with Crippen LogP contribution in [0, 0.1) is 5.82 Å². The topological polar surface area (TPSA) is 40.7 Å². The minimum Gasteiger partial charge on any atom is -0.348 e. The highest BCUT2D eigenvalue weighted by molar-refractivity contribution is 6.31. The van der Waals surface area contributed by atoms with Crippen molar-refractivity contribution in [2.45, 2.75) is 19.5 Å². The van der Waals surface area contributed by atoms with Crippen LogP contribution in [0.4, 0.5) is 4.39 Å². The number of benzene rings is 1. The van der Waals surface area contributed by atoms with Crippen molar-refractivity contribution in [1.29, 1.82) is 0 Å². The molecule has 17 heavy (non-hydrogen) atoms. The van der Waals surface area contributed by atoms with Crippen molar-refractivity contribution in [3.8, 4) is 0 Å². The van der Waals surface area contributed by atoms with E-state index in [1.54, 1.807) is 18.5 Å². The lowest BCUT2D eigenvalue weighted by Crippen LogP contribution is -2.19. The molecule has 0 amide bonds. The van der Waals surface area contributed by atoms with Gasteiger partial charge in [0.15, 0.2) is 0 Å². The summed E-state index contributed by atoms with van der Waals surface area (Å²) < 4.78 is 12.9. The fraction of sp³-hybridized carbons (Fsp3) is 0.250. The van der Waals surface area contributed by atoms with Gasteiger partial charge >= 0.3 is 0 Å². The minimum absolute atomic E-state index is 0.0354. The molecule has 0 saturated carbocycles. The SMILES string of the molecule is CC(NCc1ncc[nH]1)c1ccc(F)cc1Cl. The molecule has 0 spiro atoms. The first kappa shape index (κ1) is 12.1. The summed E-state index contributed by atoms with van der Waals surface area (Å²) >= 11 is 5.98. The smallest absolute Gasteiger partial charge is 0.124 e. The van der Waals surface area contributed by atoms with E-state index < -0.39 is 0 Å². The monoisotopic (exact) mass is 253 g/mol. The Morgan fingerprint density at radius 2 is 2.35 bits per heavy atom. The molecule has 2 rings (SSSR count). The predicted octanol–water partition coefficient (Wildman–Crippen LogP) is 3.05. The van der Waals surface area contributed by atoms with E-state index >= 15 is 0 Å². The Morgan fingerprint density at radius 1 is 1.53 bits per heavy atom. The van der Waals surface area contributed by atoms with Crippen LogP contribution in [0.2, 0.25) is 5.02 Å². The first-order valence-corrected chi connectivity index (χ1v) is 5.71. The van der Waals surface area contributed by atoms with Gasteiger partial charge in [-0.2, -0.15) is 0 Å². The second kappa shape index (κ2) is 5.29. The van der Waals surface area contributed by atoms with E-state index in [0.29, 0.717) is 11.6 Å². The summed E-state index contributed by atoms with van der Waals surface area (Å²) in [4.78, 5) is 7.11. The molecule has 2 N–H and O–H groups in total. The summed E-state index contributed by atoms with van der Waals surface area (Å²) in [6.45, 7) is 2.59. The van der Waals surface area contributed by atoms with Crippen molar-refractivity contribution in [1.82, 2.24) is 15.3 Å². The highest BCUT2D eigenvalue weighted by atomic mass is 35.5. The van der Waals surface area contributed by atoms with Crippen LogP contribution in [0.15, 0.2) is 30.6 Å². The molecule has 1 atom stereocenters. The summed E-state index contributed by atoms with van der Waals surface area (Å²) in [6, 6.07) is 4.46. The zero-order valence-corrected chi connectivity index (χ0v) is 10.1. The molecule has 2 aromatic rings. The van der Waals surface area contributed by atoms with Crippen molar-refractivity contribution >= 4 is 11.6 Å². The maximum Gasteiger partial charge on any atom is 0.124 e. The van der Waals surface area contributed by atoms with E-state index in [4.69, 9.17) is 11.6 Å². The lowest BCUT2D eigenvalue weighted by Gasteiger charge is -2.14. The molecule has 0 fully saturated rings. The van der Waals surface area contributed by atoms with Crippen molar-refractivity contribution in [3.63, 3.8) is 0 Å². The van der Waals surface area contributed by atoms with Crippen LogP contribution in [0.1, 0.15) is 24.4 Å². The number of imidazole rings is 1. The molecule has 5 heteroatoms. The van der Waals surface area contributed by atoms with Gasteiger partial charge in [-0.15, -0.1) is 0 Å². The number of rotatable bonds is 4. The lowest BCUT2D eigenvalue weighted by atomic mass is 10.1. The van der Waals surface area contributed by atoms with E-state index in [9.17, 15) is 4.39 Å². The highest BCUT2D eigenvalue weighted by Crippen LogP contribution is 2.23. The van der Waals surface area contributed by atoms with Gasteiger partial charge in [0.1, 0.15) is 11.6 Å². The Balaban J connectivity index is 2.01. The van der Waals surface area contributed by atoms with Crippen LogP contribution < -0.4 is 5.32 Å². The zero-order valence-electron chi connectivity index (χ0n) is 9.37. The average Bonchev–Trinajstić information content (AvgIpc) is 2.78. The molecule has 0 bridgehead atoms. The third-order valence-electron chi connectivity index (χ3n) is 2.56. The van der Waals surface area contributed by atoms with Gasteiger partial charge in [-0.05, 0) is 24.6 Å². The number of H-pyrrole nitrogens is 1. The van der Waals surface area contributed by atoms with Crippen LogP contribution in [-0.4, -0.2) is 9.97 Å². The number of hydrogen-bond acceptors (Lipinski definition) is 2. The van der Waals surface area contributed by atoms with Crippen LogP contribution in [0.25, 0.3) is 0 Å². The van der Waals surface area contributed by atoms with E-state index in [0.717, 1.165) is 11.4 Å². The summed E-state index contributed by atoms with van der Waals surface area (Å²) in [7, 11) is 0. The minimum atomic E-state index is -0.322. The third-order valence-corrected chi connectivity index (χ3v) is 2.89. The van der Waals surface area contributed by atoms with Gasteiger partial charge in [-0.3, -0.25) is 0 Å². The number of hydrogen-bond donors (Lipinski definition) is 2. The molecule has 0 radical (unpaired) electrons. The Morgan fingerprint density at radius 3 is 3.00 bits per heavy atom. The molecule has 0 saturated heterocycles. The molecule has 1 aromatic heterocycles. The van der Waals surface area contributed by atoms with Gasteiger partial charge in [0.25, 0.3) is 0 Å². The molecule has 0 aliphatic heterocycles. The van der Waals surface area contributed by atoms with E-state index in [-0.39, 0.29) is 11.9 Å². The van der Waals surface area contributed by atoms with Gasteiger partial charge in [0.2, 0.25) is 0 Å². The quantitative estimate of drug-likeness (QED) is 0.879. The standard InChI is InChI=1S/C12H13ClFN3/c1-8(17-7-12-15-4-5-16-12)10-3-2-9(14)6-11(10)13/h2-6,8,17H,7H2,1H3,(H,15,16). The fourth-order valence-electron chi connectivity index (χ4n) is 1.61. The third kappa shape index (κ3) is 3.05. The Hall–Kier alpha value is -1.39. The molecular weight excluding hydrogens is 241 g/mol. The van der Waals surface area contributed by atoms with Crippen molar-refractivity contribution in [2.75, 3.05) is 0 Å². The van der Waals surface area contributed by atoms with Gasteiger partial charge in [0, 0.05) is 23.5 Å². The van der Waals surface area contributed by atoms with Gasteiger partial charge < -0.3 is 10.3 Å². The Labute approximate surface area is 104 Å². The zero-order chi connectivity index (χ0) is 12.3. The van der Waals surface area contributed by atoms with E-state index in [1.807, 2.05) is 6.92 Å². The molecule has 1 heterocycles. The molecular formula is C12H13ClFN3. The maximum atomic E-state index is 12.9. The number of nitrogens with one attached hydrogen (secondary N) is 2. The number of aromatic nitrogens is 2. The molecule has 90 valence electrons. The van der Waals surface area contributed by atoms with Crippen molar-refractivity contribution < 1.29 is 4.39 Å². The van der Waals surface area contributed by atoms with Crippen molar-refractivity contribution in [3.05, 3.63) is 52.8 Å². The van der Waals surface area contributed by atoms with E-state index in [1.165, 1.54) is 12.1 Å². The normalized spacial score (nSPS) is 12.6. The summed E-state index contributed by atoms with van der Waals surface area (Å²) in [5, 5.41) is 3.70. The van der Waals surface area contributed by atoms with Crippen molar-refractivity contribution in [2.24, 2.45) is 0 Å². The number of halogens is 2. The van der Waals surface area contributed by atoms with Crippen LogP contribution in [0.5, 0.6) is 0 Å². The predicted molar refractivity (Wildman–Crippen MR) is 65.3 cm³/mol. The first-order chi connectivity index (χ1) is 8.16. The number of aromatic amines is 1.